The molecule has 0 spiro atoms. The van der Waals surface area contributed by atoms with Gasteiger partial charge >= 0.3 is 11.9 Å². The Morgan fingerprint density at radius 2 is 1.53 bits per heavy atom. The maximum atomic E-state index is 14.0. The van der Waals surface area contributed by atoms with Crippen LogP contribution in [0.3, 0.4) is 0 Å². The fourth-order valence-electron chi connectivity index (χ4n) is 4.34. The summed E-state index contributed by atoms with van der Waals surface area (Å²) < 4.78 is 16.3. The molecule has 0 saturated heterocycles. The van der Waals surface area contributed by atoms with Gasteiger partial charge in [-0.15, -0.1) is 0 Å². The summed E-state index contributed by atoms with van der Waals surface area (Å²) >= 11 is 0. The first-order valence-electron chi connectivity index (χ1n) is 14.3. The average Bonchev–Trinajstić information content (AvgIpc) is 2.91. The zero-order chi connectivity index (χ0) is 32.4. The first-order chi connectivity index (χ1) is 20.0. The van der Waals surface area contributed by atoms with E-state index in [-0.39, 0.29) is 19.6 Å². The number of amides is 3. The van der Waals surface area contributed by atoms with Crippen molar-refractivity contribution in [2.75, 3.05) is 26.8 Å². The Bertz CT molecular complexity index is 1300. The molecule has 43 heavy (non-hydrogen) atoms. The highest BCUT2D eigenvalue weighted by Crippen LogP contribution is 2.25. The molecule has 0 saturated carbocycles. The maximum absolute atomic E-state index is 14.0. The first-order valence-corrected chi connectivity index (χ1v) is 14.3. The van der Waals surface area contributed by atoms with Gasteiger partial charge < -0.3 is 30.2 Å². The van der Waals surface area contributed by atoms with Crippen molar-refractivity contribution in [3.8, 4) is 0 Å². The van der Waals surface area contributed by atoms with E-state index in [1.807, 2.05) is 63.2 Å². The highest BCUT2D eigenvalue weighted by Gasteiger charge is 2.41. The summed E-state index contributed by atoms with van der Waals surface area (Å²) in [6, 6.07) is 12.5. The van der Waals surface area contributed by atoms with Gasteiger partial charge in [0.15, 0.2) is 6.10 Å². The SMILES string of the molecule is CNC(=O)[C@@H](NC(=O)C(Cc1ccc2ccccc2c1)[C@H](OCC(=O)NCCOC(C)=O)C(=O)OC(C)(C)C)C(C)(C)C. The average molecular weight is 600 g/mol. The van der Waals surface area contributed by atoms with Crippen molar-refractivity contribution in [3.63, 3.8) is 0 Å². The van der Waals surface area contributed by atoms with Gasteiger partial charge in [0, 0.05) is 14.0 Å². The van der Waals surface area contributed by atoms with Crippen LogP contribution in [0.2, 0.25) is 0 Å². The number of nitrogens with one attached hydrogen (secondary N) is 3. The summed E-state index contributed by atoms with van der Waals surface area (Å²) in [5, 5.41) is 9.89. The molecular weight excluding hydrogens is 554 g/mol. The van der Waals surface area contributed by atoms with Gasteiger partial charge in [-0.25, -0.2) is 4.79 Å². The van der Waals surface area contributed by atoms with Crippen LogP contribution < -0.4 is 16.0 Å². The highest BCUT2D eigenvalue weighted by molar-refractivity contribution is 5.92. The molecule has 2 aromatic carbocycles. The lowest BCUT2D eigenvalue weighted by atomic mass is 9.84. The molecule has 3 amide bonds. The van der Waals surface area contributed by atoms with Gasteiger partial charge in [-0.1, -0.05) is 63.2 Å². The molecule has 1 unspecified atom stereocenters. The minimum absolute atomic E-state index is 0.0305. The Balaban J connectivity index is 2.46. The number of ether oxygens (including phenoxy) is 3. The summed E-state index contributed by atoms with van der Waals surface area (Å²) in [6.45, 7) is 11.2. The Hall–Kier alpha value is -3.99. The van der Waals surface area contributed by atoms with E-state index in [1.54, 1.807) is 20.8 Å². The zero-order valence-electron chi connectivity index (χ0n) is 26.4. The van der Waals surface area contributed by atoms with E-state index in [2.05, 4.69) is 16.0 Å². The molecule has 0 heterocycles. The largest absolute Gasteiger partial charge is 0.464 e. The van der Waals surface area contributed by atoms with Gasteiger partial charge in [0.05, 0.1) is 12.5 Å². The summed E-state index contributed by atoms with van der Waals surface area (Å²) in [5.41, 5.74) is -0.827. The van der Waals surface area contributed by atoms with Gasteiger partial charge in [-0.2, -0.15) is 0 Å². The molecule has 0 aliphatic heterocycles. The number of hydrogen-bond acceptors (Lipinski definition) is 8. The topological polar surface area (TPSA) is 149 Å². The molecule has 0 aliphatic rings. The summed E-state index contributed by atoms with van der Waals surface area (Å²) in [6.07, 6.45) is -1.44. The predicted molar refractivity (Wildman–Crippen MR) is 162 cm³/mol. The predicted octanol–water partition coefficient (Wildman–Crippen LogP) is 2.68. The van der Waals surface area contributed by atoms with E-state index in [1.165, 1.54) is 14.0 Å². The molecule has 2 rings (SSSR count). The van der Waals surface area contributed by atoms with E-state index in [0.717, 1.165) is 16.3 Å². The van der Waals surface area contributed by atoms with Crippen molar-refractivity contribution < 1.29 is 38.2 Å². The monoisotopic (exact) mass is 599 g/mol. The third kappa shape index (κ3) is 11.7. The lowest BCUT2D eigenvalue weighted by Gasteiger charge is -2.33. The Labute approximate surface area is 253 Å². The molecule has 11 heteroatoms. The van der Waals surface area contributed by atoms with Gasteiger partial charge in [-0.3, -0.25) is 19.2 Å². The van der Waals surface area contributed by atoms with Crippen LogP contribution in [-0.4, -0.2) is 74.2 Å². The Kier molecular flexibility index (Phi) is 12.7. The van der Waals surface area contributed by atoms with Crippen LogP contribution in [0.5, 0.6) is 0 Å². The smallest absolute Gasteiger partial charge is 0.336 e. The number of likely N-dealkylation sites (N-methyl/N-ethyl adjacent to an activating group) is 1. The lowest BCUT2D eigenvalue weighted by molar-refractivity contribution is -0.175. The fraction of sp³-hybridized carbons (Fsp3) is 0.531. The number of benzene rings is 2. The molecule has 0 aliphatic carbocycles. The molecule has 2 aromatic rings. The molecule has 11 nitrogen and oxygen atoms in total. The second kappa shape index (κ2) is 15.5. The normalized spacial score (nSPS) is 13.8. The minimum Gasteiger partial charge on any atom is -0.464 e. The molecule has 236 valence electrons. The number of carbonyl (C=O) groups excluding carboxylic acids is 5. The molecule has 0 radical (unpaired) electrons. The maximum Gasteiger partial charge on any atom is 0.336 e. The second-order valence-corrected chi connectivity index (χ2v) is 12.4. The first kappa shape index (κ1) is 35.2. The third-order valence-electron chi connectivity index (χ3n) is 6.40. The van der Waals surface area contributed by atoms with E-state index >= 15 is 0 Å². The molecule has 3 N–H and O–H groups in total. The third-order valence-corrected chi connectivity index (χ3v) is 6.40. The van der Waals surface area contributed by atoms with Gasteiger partial charge in [-0.05, 0) is 48.9 Å². The second-order valence-electron chi connectivity index (χ2n) is 12.4. The fourth-order valence-corrected chi connectivity index (χ4v) is 4.34. The zero-order valence-corrected chi connectivity index (χ0v) is 26.4. The van der Waals surface area contributed by atoms with Gasteiger partial charge in [0.2, 0.25) is 17.7 Å². The van der Waals surface area contributed by atoms with Crippen molar-refractivity contribution in [1.29, 1.82) is 0 Å². The molecule has 0 aromatic heterocycles. The van der Waals surface area contributed by atoms with Crippen molar-refractivity contribution in [1.82, 2.24) is 16.0 Å². The van der Waals surface area contributed by atoms with Gasteiger partial charge in [0.1, 0.15) is 24.9 Å². The van der Waals surface area contributed by atoms with E-state index < -0.39 is 65.3 Å². The van der Waals surface area contributed by atoms with Crippen LogP contribution >= 0.6 is 0 Å². The summed E-state index contributed by atoms with van der Waals surface area (Å²) in [4.78, 5) is 63.8. The van der Waals surface area contributed by atoms with E-state index in [4.69, 9.17) is 14.2 Å². The number of fused-ring (bicyclic) bond motifs is 1. The van der Waals surface area contributed by atoms with E-state index in [0.29, 0.717) is 0 Å². The van der Waals surface area contributed by atoms with Crippen molar-refractivity contribution in [2.45, 2.75) is 72.6 Å². The van der Waals surface area contributed by atoms with Crippen LogP contribution in [0, 0.1) is 11.3 Å². The summed E-state index contributed by atoms with van der Waals surface area (Å²) in [7, 11) is 1.48. The highest BCUT2D eigenvalue weighted by atomic mass is 16.6. The number of carbonyl (C=O) groups is 5. The molecular formula is C32H45N3O8. The summed E-state index contributed by atoms with van der Waals surface area (Å²) in [5.74, 6) is -4.06. The minimum atomic E-state index is -1.49. The van der Waals surface area contributed by atoms with Crippen molar-refractivity contribution >= 4 is 40.4 Å². The standard InChI is InChI=1S/C32H45N3O8/c1-20(36)41-16-15-34-25(37)19-42-26(30(40)43-32(5,6)7)24(28(38)35-27(29(39)33-8)31(2,3)4)18-21-13-14-22-11-9-10-12-23(22)17-21/h9-14,17,24,26-27H,15-16,18-19H2,1-8H3,(H,33,39)(H,34,37)(H,35,38)/t24?,26-,27+/m0/s1. The number of hydrogen-bond donors (Lipinski definition) is 3. The van der Waals surface area contributed by atoms with Crippen LogP contribution in [0.25, 0.3) is 10.8 Å². The van der Waals surface area contributed by atoms with Crippen LogP contribution in [0.15, 0.2) is 42.5 Å². The van der Waals surface area contributed by atoms with Crippen molar-refractivity contribution in [2.24, 2.45) is 11.3 Å². The Morgan fingerprint density at radius 3 is 2.12 bits per heavy atom. The van der Waals surface area contributed by atoms with Crippen molar-refractivity contribution in [3.05, 3.63) is 48.0 Å². The quantitative estimate of drug-likeness (QED) is 0.235. The van der Waals surface area contributed by atoms with Gasteiger partial charge in [0.25, 0.3) is 0 Å². The van der Waals surface area contributed by atoms with Crippen LogP contribution in [-0.2, 0) is 44.6 Å². The number of rotatable bonds is 13. The Morgan fingerprint density at radius 1 is 0.884 bits per heavy atom. The van der Waals surface area contributed by atoms with Crippen LogP contribution in [0.1, 0.15) is 54.0 Å². The number of esters is 2. The molecule has 0 fully saturated rings. The van der Waals surface area contributed by atoms with E-state index in [9.17, 15) is 24.0 Å². The molecule has 3 atom stereocenters. The van der Waals surface area contributed by atoms with Crippen LogP contribution in [0.4, 0.5) is 0 Å². The molecule has 0 bridgehead atoms. The lowest BCUT2D eigenvalue weighted by Crippen LogP contribution is -2.56.